The van der Waals surface area contributed by atoms with E-state index < -0.39 is 10.8 Å². The van der Waals surface area contributed by atoms with Crippen molar-refractivity contribution in [3.8, 4) is 11.5 Å². The van der Waals surface area contributed by atoms with Crippen LogP contribution >= 0.6 is 22.6 Å². The summed E-state index contributed by atoms with van der Waals surface area (Å²) in [6, 6.07) is 11.3. The molecule has 2 aromatic carbocycles. The molecule has 2 rings (SSSR count). The number of methoxy groups -OCH3 is 1. The summed E-state index contributed by atoms with van der Waals surface area (Å²) in [4.78, 5) is 22.2. The van der Waals surface area contributed by atoms with Gasteiger partial charge in [0, 0.05) is 17.7 Å². The van der Waals surface area contributed by atoms with Gasteiger partial charge in [-0.2, -0.15) is 5.10 Å². The van der Waals surface area contributed by atoms with Gasteiger partial charge in [0.15, 0.2) is 6.61 Å². The number of benzene rings is 2. The minimum atomic E-state index is -0.486. The summed E-state index contributed by atoms with van der Waals surface area (Å²) < 4.78 is 11.4. The van der Waals surface area contributed by atoms with Gasteiger partial charge in [-0.05, 0) is 47.7 Å². The highest BCUT2D eigenvalue weighted by molar-refractivity contribution is 14.1. The average molecular weight is 469 g/mol. The molecule has 8 nitrogen and oxygen atoms in total. The van der Waals surface area contributed by atoms with Gasteiger partial charge in [-0.15, -0.1) is 0 Å². The summed E-state index contributed by atoms with van der Waals surface area (Å²) in [6.45, 7) is 1.43. The Bertz CT molecular complexity index is 854. The monoisotopic (exact) mass is 469 g/mol. The lowest BCUT2D eigenvalue weighted by molar-refractivity contribution is -0.384. The lowest BCUT2D eigenvalue weighted by Crippen LogP contribution is -2.25. The molecule has 26 heavy (non-hydrogen) atoms. The van der Waals surface area contributed by atoms with E-state index >= 15 is 0 Å². The predicted molar refractivity (Wildman–Crippen MR) is 105 cm³/mol. The lowest BCUT2D eigenvalue weighted by Gasteiger charge is -2.09. The number of ether oxygens (including phenoxy) is 2. The molecule has 0 spiro atoms. The summed E-state index contributed by atoms with van der Waals surface area (Å²) in [5.41, 5.74) is 3.32. The van der Waals surface area contributed by atoms with Crippen LogP contribution in [0.3, 0.4) is 0 Å². The minimum absolute atomic E-state index is 0.0409. The number of nitro groups is 1. The molecular weight excluding hydrogens is 453 g/mol. The smallest absolute Gasteiger partial charge is 0.277 e. The molecule has 1 amide bonds. The van der Waals surface area contributed by atoms with Crippen molar-refractivity contribution >= 4 is 39.9 Å². The molecule has 9 heteroatoms. The Kier molecular flexibility index (Phi) is 6.89. The van der Waals surface area contributed by atoms with Crippen molar-refractivity contribution in [2.45, 2.75) is 6.92 Å². The first kappa shape index (κ1) is 19.6. The lowest BCUT2D eigenvalue weighted by atomic mass is 10.1. The number of hydrogen-bond acceptors (Lipinski definition) is 6. The fourth-order valence-electron chi connectivity index (χ4n) is 1.96. The quantitative estimate of drug-likeness (QED) is 0.291. The van der Waals surface area contributed by atoms with Crippen LogP contribution in [0, 0.1) is 13.7 Å². The van der Waals surface area contributed by atoms with E-state index in [9.17, 15) is 14.9 Å². The van der Waals surface area contributed by atoms with Crippen molar-refractivity contribution in [3.63, 3.8) is 0 Å². The van der Waals surface area contributed by atoms with E-state index in [0.29, 0.717) is 22.8 Å². The first-order valence-electron chi connectivity index (χ1n) is 7.45. The Hall–Kier alpha value is -2.69. The molecule has 0 bridgehead atoms. The van der Waals surface area contributed by atoms with Gasteiger partial charge in [-0.3, -0.25) is 14.9 Å². The Morgan fingerprint density at radius 1 is 1.31 bits per heavy atom. The molecule has 136 valence electrons. The van der Waals surface area contributed by atoms with Crippen molar-refractivity contribution in [2.24, 2.45) is 5.10 Å². The molecule has 0 fully saturated rings. The number of nitrogens with one attached hydrogen (secondary N) is 1. The number of nitro benzene ring substituents is 1. The minimum Gasteiger partial charge on any atom is -0.497 e. The van der Waals surface area contributed by atoms with E-state index in [1.807, 2.05) is 0 Å². The zero-order valence-electron chi connectivity index (χ0n) is 14.1. The largest absolute Gasteiger partial charge is 0.497 e. The van der Waals surface area contributed by atoms with Crippen LogP contribution in [0.15, 0.2) is 47.6 Å². The molecule has 0 aromatic heterocycles. The molecule has 1 N–H and O–H groups in total. The SMILES string of the molecule is COc1ccc(OCC(=O)NN=C(C)c2cccc([N+](=O)[O-])c2)c(I)c1. The maximum atomic E-state index is 11.9. The van der Waals surface area contributed by atoms with Crippen molar-refractivity contribution < 1.29 is 19.2 Å². The fourth-order valence-corrected chi connectivity index (χ4v) is 2.60. The predicted octanol–water partition coefficient (Wildman–Crippen LogP) is 3.13. The van der Waals surface area contributed by atoms with E-state index in [0.717, 1.165) is 3.57 Å². The third-order valence-electron chi connectivity index (χ3n) is 3.32. The number of carbonyl (C=O) groups is 1. The van der Waals surface area contributed by atoms with Crippen molar-refractivity contribution in [1.29, 1.82) is 0 Å². The van der Waals surface area contributed by atoms with E-state index in [1.54, 1.807) is 44.4 Å². The zero-order valence-corrected chi connectivity index (χ0v) is 16.2. The molecule has 2 aromatic rings. The van der Waals surface area contributed by atoms with Gasteiger partial charge in [0.25, 0.3) is 11.6 Å². The first-order valence-corrected chi connectivity index (χ1v) is 8.53. The Balaban J connectivity index is 1.94. The highest BCUT2D eigenvalue weighted by Crippen LogP contribution is 2.25. The molecule has 0 aliphatic heterocycles. The van der Waals surface area contributed by atoms with Crippen LogP contribution in [0.5, 0.6) is 11.5 Å². The molecule has 0 radical (unpaired) electrons. The standard InChI is InChI=1S/C17H16IN3O5/c1-11(12-4-3-5-13(8-12)21(23)24)19-20-17(22)10-26-16-7-6-14(25-2)9-15(16)18/h3-9H,10H2,1-2H3,(H,20,22). The van der Waals surface area contributed by atoms with Crippen molar-refractivity contribution in [2.75, 3.05) is 13.7 Å². The van der Waals surface area contributed by atoms with Crippen LogP contribution in [-0.2, 0) is 4.79 Å². The van der Waals surface area contributed by atoms with Gasteiger partial charge < -0.3 is 9.47 Å². The summed E-state index contributed by atoms with van der Waals surface area (Å²) in [6.07, 6.45) is 0. The number of nitrogens with zero attached hydrogens (tertiary/aromatic N) is 2. The summed E-state index contributed by atoms with van der Waals surface area (Å²) >= 11 is 2.08. The summed E-state index contributed by atoms with van der Waals surface area (Å²) in [7, 11) is 1.57. The molecule has 0 unspecified atom stereocenters. The van der Waals surface area contributed by atoms with E-state index in [-0.39, 0.29) is 12.3 Å². The number of carbonyl (C=O) groups excluding carboxylic acids is 1. The maximum Gasteiger partial charge on any atom is 0.277 e. The Labute approximate surface area is 163 Å². The van der Waals surface area contributed by atoms with Crippen LogP contribution in [0.25, 0.3) is 0 Å². The van der Waals surface area contributed by atoms with Gasteiger partial charge in [0.05, 0.1) is 21.3 Å². The van der Waals surface area contributed by atoms with Crippen LogP contribution < -0.4 is 14.9 Å². The van der Waals surface area contributed by atoms with Crippen LogP contribution in [0.4, 0.5) is 5.69 Å². The Morgan fingerprint density at radius 3 is 2.73 bits per heavy atom. The molecular formula is C17H16IN3O5. The maximum absolute atomic E-state index is 11.9. The third kappa shape index (κ3) is 5.41. The molecule has 0 atom stereocenters. The number of amides is 1. The highest BCUT2D eigenvalue weighted by atomic mass is 127. The second-order valence-corrected chi connectivity index (χ2v) is 6.29. The van der Waals surface area contributed by atoms with E-state index in [4.69, 9.17) is 9.47 Å². The number of hydrazone groups is 1. The van der Waals surface area contributed by atoms with Crippen LogP contribution in [0.1, 0.15) is 12.5 Å². The number of rotatable bonds is 7. The average Bonchev–Trinajstić information content (AvgIpc) is 2.65. The molecule has 0 heterocycles. The van der Waals surface area contributed by atoms with Crippen molar-refractivity contribution in [1.82, 2.24) is 5.43 Å². The summed E-state index contributed by atoms with van der Waals surface area (Å²) in [5.74, 6) is 0.811. The number of non-ortho nitro benzene ring substituents is 1. The van der Waals surface area contributed by atoms with E-state index in [1.165, 1.54) is 12.1 Å². The molecule has 0 saturated heterocycles. The molecule has 0 aliphatic carbocycles. The Morgan fingerprint density at radius 2 is 2.08 bits per heavy atom. The van der Waals surface area contributed by atoms with Gasteiger partial charge >= 0.3 is 0 Å². The number of halogens is 1. The number of hydrogen-bond donors (Lipinski definition) is 1. The zero-order chi connectivity index (χ0) is 19.1. The molecule has 0 aliphatic rings. The van der Waals surface area contributed by atoms with Gasteiger partial charge in [-0.1, -0.05) is 12.1 Å². The normalized spacial score (nSPS) is 11.0. The highest BCUT2D eigenvalue weighted by Gasteiger charge is 2.09. The molecule has 0 saturated carbocycles. The van der Waals surface area contributed by atoms with Crippen LogP contribution in [0.2, 0.25) is 0 Å². The van der Waals surface area contributed by atoms with Gasteiger partial charge in [-0.25, -0.2) is 5.43 Å². The van der Waals surface area contributed by atoms with Crippen molar-refractivity contribution in [3.05, 3.63) is 61.7 Å². The second-order valence-electron chi connectivity index (χ2n) is 5.12. The topological polar surface area (TPSA) is 103 Å². The van der Waals surface area contributed by atoms with Crippen LogP contribution in [-0.4, -0.2) is 30.3 Å². The summed E-state index contributed by atoms with van der Waals surface area (Å²) in [5, 5.41) is 14.7. The fraction of sp³-hybridized carbons (Fsp3) is 0.176. The first-order chi connectivity index (χ1) is 12.4. The van der Waals surface area contributed by atoms with E-state index in [2.05, 4.69) is 33.1 Å². The second kappa shape index (κ2) is 9.13. The third-order valence-corrected chi connectivity index (χ3v) is 4.16. The van der Waals surface area contributed by atoms with Gasteiger partial charge in [0.2, 0.25) is 0 Å². The van der Waals surface area contributed by atoms with Gasteiger partial charge in [0.1, 0.15) is 11.5 Å².